The fraction of sp³-hybridized carbons (Fsp3) is 0.368. The third-order valence-corrected chi connectivity index (χ3v) is 4.50. The van der Waals surface area contributed by atoms with E-state index in [0.29, 0.717) is 6.04 Å². The molecule has 112 valence electrons. The minimum Gasteiger partial charge on any atom is -0.310 e. The zero-order valence-corrected chi connectivity index (χ0v) is 15.1. The third kappa shape index (κ3) is 5.11. The molecule has 2 aromatic carbocycles. The van der Waals surface area contributed by atoms with Gasteiger partial charge in [0.1, 0.15) is 0 Å². The van der Waals surface area contributed by atoms with Crippen LogP contribution in [0.2, 0.25) is 0 Å². The van der Waals surface area contributed by atoms with E-state index in [9.17, 15) is 0 Å². The van der Waals surface area contributed by atoms with Crippen LogP contribution in [0.5, 0.6) is 0 Å². The van der Waals surface area contributed by atoms with E-state index in [2.05, 4.69) is 90.3 Å². The number of hydrogen-bond acceptors (Lipinski definition) is 1. The van der Waals surface area contributed by atoms with Gasteiger partial charge >= 0.3 is 0 Å². The monoisotopic (exact) mass is 393 g/mol. The smallest absolute Gasteiger partial charge is 0.0360 e. The maximum atomic E-state index is 3.68. The van der Waals surface area contributed by atoms with Crippen LogP contribution in [0.3, 0.4) is 0 Å². The van der Waals surface area contributed by atoms with E-state index in [1.54, 1.807) is 0 Å². The van der Waals surface area contributed by atoms with E-state index in [1.807, 2.05) is 0 Å². The number of rotatable bonds is 7. The maximum absolute atomic E-state index is 3.68. The summed E-state index contributed by atoms with van der Waals surface area (Å²) in [5, 5.41) is 3.68. The Morgan fingerprint density at radius 3 is 2.10 bits per heavy atom. The quantitative estimate of drug-likeness (QED) is 0.643. The van der Waals surface area contributed by atoms with Crippen LogP contribution in [-0.4, -0.2) is 6.54 Å². The average Bonchev–Trinajstić information content (AvgIpc) is 2.53. The highest BCUT2D eigenvalue weighted by atomic mass is 127. The fourth-order valence-corrected chi connectivity index (χ4v) is 2.83. The van der Waals surface area contributed by atoms with Gasteiger partial charge in [-0.2, -0.15) is 0 Å². The van der Waals surface area contributed by atoms with Crippen molar-refractivity contribution < 1.29 is 0 Å². The van der Waals surface area contributed by atoms with Crippen molar-refractivity contribution in [2.75, 3.05) is 6.54 Å². The Morgan fingerprint density at radius 2 is 1.52 bits per heavy atom. The van der Waals surface area contributed by atoms with Crippen LogP contribution >= 0.6 is 22.6 Å². The molecule has 0 saturated heterocycles. The fourth-order valence-electron chi connectivity index (χ4n) is 2.47. The first-order chi connectivity index (χ1) is 10.2. The summed E-state index contributed by atoms with van der Waals surface area (Å²) in [4.78, 5) is 0. The van der Waals surface area contributed by atoms with Crippen molar-refractivity contribution in [3.63, 3.8) is 0 Å². The summed E-state index contributed by atoms with van der Waals surface area (Å²) in [6, 6.07) is 18.3. The molecule has 0 aliphatic carbocycles. The van der Waals surface area contributed by atoms with Gasteiger partial charge in [0.2, 0.25) is 0 Å². The van der Waals surface area contributed by atoms with E-state index in [1.165, 1.54) is 20.3 Å². The normalized spacial score (nSPS) is 12.3. The Balaban J connectivity index is 2.13. The molecule has 0 heterocycles. The number of nitrogens with one attached hydrogen (secondary N) is 1. The second kappa shape index (κ2) is 8.54. The average molecular weight is 393 g/mol. The lowest BCUT2D eigenvalue weighted by atomic mass is 9.97. The standard InChI is InChI=1S/C19H24IN/c1-3-13-21-19(17-9-11-18(20)12-10-17)14-16-7-5-15(4-2)6-8-16/h5-12,19,21H,3-4,13-14H2,1-2H3. The molecule has 2 rings (SSSR count). The summed E-state index contributed by atoms with van der Waals surface area (Å²) in [5.74, 6) is 0. The molecular formula is C19H24IN. The molecule has 2 heteroatoms. The first kappa shape index (κ1) is 16.5. The topological polar surface area (TPSA) is 12.0 Å². The van der Waals surface area contributed by atoms with Crippen molar-refractivity contribution in [1.29, 1.82) is 0 Å². The Morgan fingerprint density at radius 1 is 0.905 bits per heavy atom. The highest BCUT2D eigenvalue weighted by Crippen LogP contribution is 2.20. The number of hydrogen-bond donors (Lipinski definition) is 1. The summed E-state index contributed by atoms with van der Waals surface area (Å²) in [6.45, 7) is 5.48. The summed E-state index contributed by atoms with van der Waals surface area (Å²) in [5.41, 5.74) is 4.19. The van der Waals surface area contributed by atoms with Gasteiger partial charge in [-0.15, -0.1) is 0 Å². The van der Waals surface area contributed by atoms with Gasteiger partial charge < -0.3 is 5.32 Å². The largest absolute Gasteiger partial charge is 0.310 e. The second-order valence-electron chi connectivity index (χ2n) is 5.43. The van der Waals surface area contributed by atoms with Crippen LogP contribution in [-0.2, 0) is 12.8 Å². The lowest BCUT2D eigenvalue weighted by Gasteiger charge is -2.19. The van der Waals surface area contributed by atoms with Crippen molar-refractivity contribution >= 4 is 22.6 Å². The lowest BCUT2D eigenvalue weighted by molar-refractivity contribution is 0.529. The van der Waals surface area contributed by atoms with Crippen molar-refractivity contribution in [2.24, 2.45) is 0 Å². The molecule has 0 bridgehead atoms. The van der Waals surface area contributed by atoms with Crippen LogP contribution in [0, 0.1) is 3.57 Å². The van der Waals surface area contributed by atoms with E-state index in [-0.39, 0.29) is 0 Å². The molecule has 0 spiro atoms. The highest BCUT2D eigenvalue weighted by molar-refractivity contribution is 14.1. The third-order valence-electron chi connectivity index (χ3n) is 3.78. The summed E-state index contributed by atoms with van der Waals surface area (Å²) in [7, 11) is 0. The maximum Gasteiger partial charge on any atom is 0.0360 e. The molecule has 0 amide bonds. The van der Waals surface area contributed by atoms with Crippen LogP contribution in [0.4, 0.5) is 0 Å². The van der Waals surface area contributed by atoms with Gasteiger partial charge in [-0.05, 0) is 77.2 Å². The summed E-state index contributed by atoms with van der Waals surface area (Å²) >= 11 is 2.36. The van der Waals surface area contributed by atoms with Crippen molar-refractivity contribution in [1.82, 2.24) is 5.32 Å². The molecule has 0 aromatic heterocycles. The molecule has 1 atom stereocenters. The first-order valence-electron chi connectivity index (χ1n) is 7.79. The molecule has 1 unspecified atom stereocenters. The zero-order valence-electron chi connectivity index (χ0n) is 12.9. The molecule has 0 fully saturated rings. The van der Waals surface area contributed by atoms with E-state index in [0.717, 1.165) is 25.8 Å². The molecule has 0 aliphatic rings. The van der Waals surface area contributed by atoms with Crippen LogP contribution in [0.1, 0.15) is 43.0 Å². The second-order valence-corrected chi connectivity index (χ2v) is 6.68. The van der Waals surface area contributed by atoms with Crippen LogP contribution in [0.25, 0.3) is 0 Å². The van der Waals surface area contributed by atoms with Gasteiger partial charge in [-0.25, -0.2) is 0 Å². The molecule has 0 saturated carbocycles. The van der Waals surface area contributed by atoms with Gasteiger partial charge in [-0.1, -0.05) is 50.2 Å². The van der Waals surface area contributed by atoms with Gasteiger partial charge in [0, 0.05) is 9.61 Å². The Hall–Kier alpha value is -0.870. The van der Waals surface area contributed by atoms with Crippen LogP contribution < -0.4 is 5.32 Å². The predicted octanol–water partition coefficient (Wildman–Crippen LogP) is 5.14. The molecule has 2 aromatic rings. The van der Waals surface area contributed by atoms with Gasteiger partial charge in [0.25, 0.3) is 0 Å². The minimum atomic E-state index is 0.398. The molecule has 1 N–H and O–H groups in total. The minimum absolute atomic E-state index is 0.398. The van der Waals surface area contributed by atoms with Gasteiger partial charge in [0.05, 0.1) is 0 Å². The number of benzene rings is 2. The first-order valence-corrected chi connectivity index (χ1v) is 8.87. The van der Waals surface area contributed by atoms with Crippen LogP contribution in [0.15, 0.2) is 48.5 Å². The van der Waals surface area contributed by atoms with Gasteiger partial charge in [0.15, 0.2) is 0 Å². The molecule has 21 heavy (non-hydrogen) atoms. The van der Waals surface area contributed by atoms with E-state index < -0.39 is 0 Å². The van der Waals surface area contributed by atoms with Gasteiger partial charge in [-0.3, -0.25) is 0 Å². The van der Waals surface area contributed by atoms with E-state index in [4.69, 9.17) is 0 Å². The molecule has 1 nitrogen and oxygen atoms in total. The van der Waals surface area contributed by atoms with Crippen molar-refractivity contribution in [2.45, 2.75) is 39.2 Å². The summed E-state index contributed by atoms with van der Waals surface area (Å²) in [6.07, 6.45) is 3.31. The molecular weight excluding hydrogens is 369 g/mol. The highest BCUT2D eigenvalue weighted by Gasteiger charge is 2.11. The molecule has 0 aliphatic heterocycles. The summed E-state index contributed by atoms with van der Waals surface area (Å²) < 4.78 is 1.29. The van der Waals surface area contributed by atoms with Crippen molar-refractivity contribution in [3.05, 3.63) is 68.8 Å². The predicted molar refractivity (Wildman–Crippen MR) is 99.7 cm³/mol. The molecule has 0 radical (unpaired) electrons. The lowest BCUT2D eigenvalue weighted by Crippen LogP contribution is -2.24. The SMILES string of the molecule is CCCNC(Cc1ccc(CC)cc1)c1ccc(I)cc1. The zero-order chi connectivity index (χ0) is 15.1. The Kier molecular flexibility index (Phi) is 6.71. The number of halogens is 1. The van der Waals surface area contributed by atoms with E-state index >= 15 is 0 Å². The van der Waals surface area contributed by atoms with Crippen molar-refractivity contribution in [3.8, 4) is 0 Å². The Labute approximate surface area is 142 Å². The number of aryl methyl sites for hydroxylation is 1. The Bertz CT molecular complexity index is 530.